The van der Waals surface area contributed by atoms with Crippen molar-refractivity contribution in [3.63, 3.8) is 0 Å². The van der Waals surface area contributed by atoms with Crippen molar-refractivity contribution in [1.82, 2.24) is 0 Å². The lowest BCUT2D eigenvalue weighted by Gasteiger charge is -2.08. The highest BCUT2D eigenvalue weighted by Crippen LogP contribution is 2.36. The fourth-order valence-corrected chi connectivity index (χ4v) is 2.70. The van der Waals surface area contributed by atoms with E-state index in [0.717, 1.165) is 20.8 Å². The summed E-state index contributed by atoms with van der Waals surface area (Å²) in [5, 5.41) is 13.3. The second-order valence-electron chi connectivity index (χ2n) is 4.45. The molecule has 3 rings (SSSR count). The minimum Gasteiger partial charge on any atom is -0.258 e. The number of rotatable bonds is 2. The molecule has 0 saturated carbocycles. The number of nitrogens with zero attached hydrogens (tertiary/aromatic N) is 1. The van der Waals surface area contributed by atoms with Gasteiger partial charge in [0, 0.05) is 10.5 Å². The summed E-state index contributed by atoms with van der Waals surface area (Å²) in [6.07, 6.45) is 0. The summed E-state index contributed by atoms with van der Waals surface area (Å²) in [5.41, 5.74) is 1.61. The third-order valence-corrected chi connectivity index (χ3v) is 3.73. The van der Waals surface area contributed by atoms with Crippen LogP contribution in [-0.2, 0) is 0 Å². The molecule has 0 saturated heterocycles. The molecule has 0 spiro atoms. The molecule has 3 aromatic rings. The van der Waals surface area contributed by atoms with E-state index in [4.69, 9.17) is 0 Å². The molecule has 4 heteroatoms. The Kier molecular flexibility index (Phi) is 3.24. The van der Waals surface area contributed by atoms with Crippen LogP contribution in [0.25, 0.3) is 21.9 Å². The molecule has 0 aliphatic heterocycles. The predicted octanol–water partition coefficient (Wildman–Crippen LogP) is 5.18. The smallest absolute Gasteiger partial charge is 0.258 e. The molecule has 0 aliphatic carbocycles. The Balaban J connectivity index is 2.36. The average Bonchev–Trinajstić information content (AvgIpc) is 2.46. The van der Waals surface area contributed by atoms with Crippen molar-refractivity contribution < 1.29 is 4.92 Å². The van der Waals surface area contributed by atoms with E-state index in [9.17, 15) is 10.1 Å². The Morgan fingerprint density at radius 3 is 2.45 bits per heavy atom. The first kappa shape index (κ1) is 12.8. The molecule has 0 N–H and O–H groups in total. The molecule has 0 radical (unpaired) electrons. The number of fused-ring (bicyclic) bond motifs is 1. The average molecular weight is 328 g/mol. The van der Waals surface area contributed by atoms with Crippen LogP contribution in [0.5, 0.6) is 0 Å². The van der Waals surface area contributed by atoms with E-state index in [1.165, 1.54) is 6.07 Å². The minimum atomic E-state index is -0.344. The molecule has 98 valence electrons. The lowest BCUT2D eigenvalue weighted by molar-refractivity contribution is -0.384. The zero-order chi connectivity index (χ0) is 14.1. The summed E-state index contributed by atoms with van der Waals surface area (Å²) >= 11 is 3.38. The van der Waals surface area contributed by atoms with Crippen molar-refractivity contribution in [1.29, 1.82) is 0 Å². The number of nitro benzene ring substituents is 1. The van der Waals surface area contributed by atoms with Crippen LogP contribution >= 0.6 is 15.9 Å². The number of hydrogen-bond donors (Lipinski definition) is 0. The fourth-order valence-electron chi connectivity index (χ4n) is 2.34. The van der Waals surface area contributed by atoms with Gasteiger partial charge in [-0.1, -0.05) is 58.4 Å². The normalized spacial score (nSPS) is 10.7. The highest BCUT2D eigenvalue weighted by molar-refractivity contribution is 9.10. The van der Waals surface area contributed by atoms with Crippen molar-refractivity contribution in [2.45, 2.75) is 0 Å². The van der Waals surface area contributed by atoms with E-state index in [1.54, 1.807) is 12.1 Å². The van der Waals surface area contributed by atoms with E-state index >= 15 is 0 Å². The molecule has 0 fully saturated rings. The van der Waals surface area contributed by atoms with Crippen molar-refractivity contribution in [3.05, 3.63) is 75.3 Å². The van der Waals surface area contributed by atoms with Gasteiger partial charge in [0.05, 0.1) is 10.5 Å². The second kappa shape index (κ2) is 5.06. The molecule has 3 nitrogen and oxygen atoms in total. The van der Waals surface area contributed by atoms with Crippen LogP contribution in [0.3, 0.4) is 0 Å². The Morgan fingerprint density at radius 2 is 1.65 bits per heavy atom. The van der Waals surface area contributed by atoms with Crippen LogP contribution in [0.15, 0.2) is 65.1 Å². The van der Waals surface area contributed by atoms with Crippen molar-refractivity contribution in [2.75, 3.05) is 0 Å². The molecule has 0 atom stereocenters. The first-order chi connectivity index (χ1) is 9.66. The molecular weight excluding hydrogens is 318 g/mol. The monoisotopic (exact) mass is 327 g/mol. The summed E-state index contributed by atoms with van der Waals surface area (Å²) in [6, 6.07) is 18.7. The summed E-state index contributed by atoms with van der Waals surface area (Å²) in [7, 11) is 0. The maximum Gasteiger partial charge on any atom is 0.277 e. The number of benzene rings is 3. The highest BCUT2D eigenvalue weighted by Gasteiger charge is 2.17. The molecular formula is C16H10BrNO2. The van der Waals surface area contributed by atoms with E-state index in [1.807, 2.05) is 42.5 Å². The van der Waals surface area contributed by atoms with Gasteiger partial charge in [0.1, 0.15) is 0 Å². The summed E-state index contributed by atoms with van der Waals surface area (Å²) in [4.78, 5) is 10.9. The fraction of sp³-hybridized carbons (Fsp3) is 0. The van der Waals surface area contributed by atoms with Crippen LogP contribution in [-0.4, -0.2) is 4.92 Å². The van der Waals surface area contributed by atoms with Gasteiger partial charge in [-0.3, -0.25) is 10.1 Å². The van der Waals surface area contributed by atoms with Crippen molar-refractivity contribution in [2.24, 2.45) is 0 Å². The number of nitro groups is 1. The largest absolute Gasteiger partial charge is 0.277 e. The van der Waals surface area contributed by atoms with E-state index < -0.39 is 0 Å². The van der Waals surface area contributed by atoms with Gasteiger partial charge in [-0.05, 0) is 28.5 Å². The Morgan fingerprint density at radius 1 is 0.900 bits per heavy atom. The maximum absolute atomic E-state index is 11.2. The SMILES string of the molecule is O=[N+]([O-])c1ccc(Br)cc1-c1cccc2ccccc12. The van der Waals surface area contributed by atoms with Gasteiger partial charge in [0.15, 0.2) is 0 Å². The Hall–Kier alpha value is -2.20. The Labute approximate surface area is 124 Å². The van der Waals surface area contributed by atoms with E-state index in [2.05, 4.69) is 15.9 Å². The Bertz CT molecular complexity index is 809. The van der Waals surface area contributed by atoms with Crippen molar-refractivity contribution >= 4 is 32.4 Å². The first-order valence-corrected chi connectivity index (χ1v) is 6.88. The van der Waals surface area contributed by atoms with Gasteiger partial charge in [-0.2, -0.15) is 0 Å². The molecule has 0 amide bonds. The van der Waals surface area contributed by atoms with Crippen LogP contribution in [0.1, 0.15) is 0 Å². The zero-order valence-electron chi connectivity index (χ0n) is 10.4. The lowest BCUT2D eigenvalue weighted by atomic mass is 9.97. The molecule has 0 bridgehead atoms. The van der Waals surface area contributed by atoms with Crippen LogP contribution in [0.4, 0.5) is 5.69 Å². The predicted molar refractivity (Wildman–Crippen MR) is 83.7 cm³/mol. The van der Waals surface area contributed by atoms with Gasteiger partial charge < -0.3 is 0 Å². The standard InChI is InChI=1S/C16H10BrNO2/c17-12-8-9-16(18(19)20)15(10-12)14-7-3-5-11-4-1-2-6-13(11)14/h1-10H. The van der Waals surface area contributed by atoms with Crippen LogP contribution in [0.2, 0.25) is 0 Å². The van der Waals surface area contributed by atoms with Crippen LogP contribution < -0.4 is 0 Å². The molecule has 3 aromatic carbocycles. The molecule has 0 heterocycles. The highest BCUT2D eigenvalue weighted by atomic mass is 79.9. The third-order valence-electron chi connectivity index (χ3n) is 3.24. The molecule has 0 unspecified atom stereocenters. The quantitative estimate of drug-likeness (QED) is 0.481. The molecule has 0 aromatic heterocycles. The topological polar surface area (TPSA) is 43.1 Å². The summed E-state index contributed by atoms with van der Waals surface area (Å²) in [6.45, 7) is 0. The van der Waals surface area contributed by atoms with Gasteiger partial charge in [-0.25, -0.2) is 0 Å². The lowest BCUT2D eigenvalue weighted by Crippen LogP contribution is -1.92. The summed E-state index contributed by atoms with van der Waals surface area (Å²) in [5.74, 6) is 0. The van der Waals surface area contributed by atoms with Gasteiger partial charge in [0.2, 0.25) is 0 Å². The van der Waals surface area contributed by atoms with Gasteiger partial charge >= 0.3 is 0 Å². The molecule has 0 aliphatic rings. The third kappa shape index (κ3) is 2.18. The van der Waals surface area contributed by atoms with E-state index in [0.29, 0.717) is 5.56 Å². The van der Waals surface area contributed by atoms with Crippen LogP contribution in [0, 0.1) is 10.1 Å². The summed E-state index contributed by atoms with van der Waals surface area (Å²) < 4.78 is 0.825. The van der Waals surface area contributed by atoms with Gasteiger partial charge in [-0.15, -0.1) is 0 Å². The molecule has 20 heavy (non-hydrogen) atoms. The number of halogens is 1. The maximum atomic E-state index is 11.2. The zero-order valence-corrected chi connectivity index (χ0v) is 12.0. The van der Waals surface area contributed by atoms with Gasteiger partial charge in [0.25, 0.3) is 5.69 Å². The minimum absolute atomic E-state index is 0.115. The second-order valence-corrected chi connectivity index (χ2v) is 5.36. The number of hydrogen-bond acceptors (Lipinski definition) is 2. The van der Waals surface area contributed by atoms with E-state index in [-0.39, 0.29) is 10.6 Å². The van der Waals surface area contributed by atoms with Crippen molar-refractivity contribution in [3.8, 4) is 11.1 Å². The first-order valence-electron chi connectivity index (χ1n) is 6.09.